The first-order valence-corrected chi connectivity index (χ1v) is 17.9. The van der Waals surface area contributed by atoms with E-state index in [4.69, 9.17) is 21.4 Å². The summed E-state index contributed by atoms with van der Waals surface area (Å²) in [6.07, 6.45) is 4.40. The fourth-order valence-electron chi connectivity index (χ4n) is 7.90. The van der Waals surface area contributed by atoms with Gasteiger partial charge in [0.2, 0.25) is 5.91 Å². The van der Waals surface area contributed by atoms with Crippen molar-refractivity contribution >= 4 is 29.6 Å². The molecular weight excluding hydrogens is 646 g/mol. The van der Waals surface area contributed by atoms with Gasteiger partial charge in [-0.05, 0) is 62.1 Å². The summed E-state index contributed by atoms with van der Waals surface area (Å²) in [5, 5.41) is 6.48. The van der Waals surface area contributed by atoms with Crippen LogP contribution in [0.3, 0.4) is 0 Å². The minimum absolute atomic E-state index is 0.00518. The zero-order valence-electron chi connectivity index (χ0n) is 29.3. The minimum atomic E-state index is -2.86. The quantitative estimate of drug-likeness (QED) is 0.224. The lowest BCUT2D eigenvalue weighted by molar-refractivity contribution is -0.129. The Balaban J connectivity index is 1.26. The maximum atomic E-state index is 14.8. The van der Waals surface area contributed by atoms with Crippen LogP contribution in [0.1, 0.15) is 98.1 Å². The lowest BCUT2D eigenvalue weighted by Crippen LogP contribution is -2.43. The summed E-state index contributed by atoms with van der Waals surface area (Å²) >= 11 is 0. The highest BCUT2D eigenvalue weighted by atomic mass is 19.3. The number of aldehydes is 1. The van der Waals surface area contributed by atoms with Crippen LogP contribution in [0, 0.1) is 11.8 Å². The summed E-state index contributed by atoms with van der Waals surface area (Å²) in [5.41, 5.74) is 10.2. The number of allylic oxidation sites excluding steroid dienone is 1. The molecule has 2 fully saturated rings. The van der Waals surface area contributed by atoms with Gasteiger partial charge in [-0.1, -0.05) is 13.8 Å². The Morgan fingerprint density at radius 2 is 1.76 bits per heavy atom. The maximum Gasteiger partial charge on any atom is 0.264 e. The number of ether oxygens (including phenoxy) is 1. The first-order valence-electron chi connectivity index (χ1n) is 17.9. The monoisotopic (exact) mass is 696 g/mol. The molecule has 2 amide bonds. The molecule has 0 aliphatic carbocycles. The molecule has 4 aliphatic heterocycles. The molecule has 2 aromatic rings. The second-order valence-electron chi connectivity index (χ2n) is 14.4. The third-order valence-electron chi connectivity index (χ3n) is 10.9. The van der Waals surface area contributed by atoms with Crippen molar-refractivity contribution in [2.24, 2.45) is 23.4 Å². The molecule has 4 aliphatic rings. The number of aryl methyl sites for hydroxylation is 1. The number of hydrogen-bond acceptors (Lipinski definition) is 9. The molecule has 12 nitrogen and oxygen atoms in total. The second-order valence-corrected chi connectivity index (χ2v) is 14.4. The number of nitrogens with two attached hydrogens (primary N) is 2. The number of fused-ring (bicyclic) bond motifs is 2. The molecule has 0 saturated carbocycles. The number of hydrazine groups is 1. The number of carbonyl (C=O) groups is 3. The fraction of sp³-hybridized carbons (Fsp3) is 0.611. The summed E-state index contributed by atoms with van der Waals surface area (Å²) in [6, 6.07) is 2.81. The summed E-state index contributed by atoms with van der Waals surface area (Å²) in [6.45, 7) is 9.02. The SMILES string of the molecule is CC(=O)N1CCc2c(c(N3CCCc4cc(C(=O)N5CCC(/C(N)=C/N(N)C(C=O)C(C)C)CC5)c(C(F)F)cc43)nn2C2CCOCC2)C1. The molecule has 0 bridgehead atoms. The van der Waals surface area contributed by atoms with Crippen molar-refractivity contribution in [1.82, 2.24) is 24.6 Å². The van der Waals surface area contributed by atoms with Crippen molar-refractivity contribution in [2.75, 3.05) is 44.3 Å². The number of nitrogens with zero attached hydrogens (tertiary/aromatic N) is 6. The third-order valence-corrected chi connectivity index (χ3v) is 10.9. The van der Waals surface area contributed by atoms with E-state index in [1.165, 1.54) is 11.1 Å². The molecule has 6 rings (SSSR count). The largest absolute Gasteiger partial charge is 0.401 e. The van der Waals surface area contributed by atoms with E-state index in [9.17, 15) is 23.2 Å². The van der Waals surface area contributed by atoms with Crippen molar-refractivity contribution in [2.45, 2.75) is 90.8 Å². The third kappa shape index (κ3) is 7.09. The van der Waals surface area contributed by atoms with Gasteiger partial charge in [0, 0.05) is 98.6 Å². The number of aromatic nitrogens is 2. The van der Waals surface area contributed by atoms with Crippen molar-refractivity contribution in [3.63, 3.8) is 0 Å². The van der Waals surface area contributed by atoms with E-state index in [0.29, 0.717) is 88.8 Å². The molecule has 2 saturated heterocycles. The molecule has 1 atom stereocenters. The minimum Gasteiger partial charge on any atom is -0.401 e. The highest BCUT2D eigenvalue weighted by molar-refractivity contribution is 5.97. The zero-order valence-corrected chi connectivity index (χ0v) is 29.3. The van der Waals surface area contributed by atoms with Crippen LogP contribution in [0.5, 0.6) is 0 Å². The first kappa shape index (κ1) is 35.8. The number of benzene rings is 1. The van der Waals surface area contributed by atoms with Crippen molar-refractivity contribution in [1.29, 1.82) is 0 Å². The van der Waals surface area contributed by atoms with Crippen LogP contribution >= 0.6 is 0 Å². The Morgan fingerprint density at radius 3 is 2.40 bits per heavy atom. The van der Waals surface area contributed by atoms with Gasteiger partial charge in [-0.2, -0.15) is 5.10 Å². The van der Waals surface area contributed by atoms with Crippen molar-refractivity contribution in [3.8, 4) is 0 Å². The Bertz CT molecular complexity index is 1610. The Kier molecular flexibility index (Phi) is 10.8. The molecule has 4 N–H and O–H groups in total. The van der Waals surface area contributed by atoms with Crippen LogP contribution in [0.2, 0.25) is 0 Å². The number of anilines is 2. The zero-order chi connectivity index (χ0) is 35.7. The number of rotatable bonds is 9. The second kappa shape index (κ2) is 15.1. The molecule has 1 aromatic heterocycles. The molecule has 272 valence electrons. The molecule has 5 heterocycles. The highest BCUT2D eigenvalue weighted by Gasteiger charge is 2.35. The lowest BCUT2D eigenvalue weighted by atomic mass is 9.91. The summed E-state index contributed by atoms with van der Waals surface area (Å²) in [5.74, 6) is 6.33. The Hall–Kier alpha value is -4.04. The lowest BCUT2D eigenvalue weighted by Gasteiger charge is -2.35. The summed E-state index contributed by atoms with van der Waals surface area (Å²) in [4.78, 5) is 43.3. The number of likely N-dealkylation sites (tertiary alicyclic amines) is 1. The molecule has 1 unspecified atom stereocenters. The number of halogens is 2. The van der Waals surface area contributed by atoms with Gasteiger partial charge in [-0.25, -0.2) is 14.6 Å². The van der Waals surface area contributed by atoms with E-state index in [2.05, 4.69) is 4.68 Å². The van der Waals surface area contributed by atoms with E-state index >= 15 is 0 Å². The van der Waals surface area contributed by atoms with E-state index in [1.54, 1.807) is 24.1 Å². The van der Waals surface area contributed by atoms with Crippen LogP contribution in [0.25, 0.3) is 0 Å². The molecular formula is C36H50F2N8O4. The normalized spacial score (nSPS) is 19.8. The van der Waals surface area contributed by atoms with Crippen LogP contribution in [0.4, 0.5) is 20.3 Å². The average Bonchev–Trinajstić information content (AvgIpc) is 3.49. The molecule has 50 heavy (non-hydrogen) atoms. The van der Waals surface area contributed by atoms with Gasteiger partial charge in [0.25, 0.3) is 12.3 Å². The smallest absolute Gasteiger partial charge is 0.264 e. The van der Waals surface area contributed by atoms with Gasteiger partial charge < -0.3 is 35.0 Å². The van der Waals surface area contributed by atoms with Gasteiger partial charge in [0.1, 0.15) is 12.3 Å². The van der Waals surface area contributed by atoms with E-state index < -0.39 is 18.4 Å². The van der Waals surface area contributed by atoms with E-state index in [0.717, 1.165) is 42.4 Å². The van der Waals surface area contributed by atoms with Gasteiger partial charge in [0.15, 0.2) is 5.82 Å². The number of hydrogen-bond donors (Lipinski definition) is 2. The topological polar surface area (TPSA) is 143 Å². The highest BCUT2D eigenvalue weighted by Crippen LogP contribution is 2.42. The number of piperidine rings is 1. The van der Waals surface area contributed by atoms with Gasteiger partial charge in [-0.3, -0.25) is 14.3 Å². The number of amides is 2. The predicted molar refractivity (Wildman–Crippen MR) is 184 cm³/mol. The van der Waals surface area contributed by atoms with Crippen LogP contribution in [-0.2, 0) is 33.7 Å². The average molecular weight is 697 g/mol. The van der Waals surface area contributed by atoms with Crippen LogP contribution in [0.15, 0.2) is 24.0 Å². The van der Waals surface area contributed by atoms with Crippen LogP contribution in [-0.4, -0.2) is 88.1 Å². The maximum absolute atomic E-state index is 14.8. The van der Waals surface area contributed by atoms with Gasteiger partial charge in [-0.15, -0.1) is 0 Å². The molecule has 0 radical (unpaired) electrons. The number of carbonyl (C=O) groups excluding carboxylic acids is 3. The fourth-order valence-corrected chi connectivity index (χ4v) is 7.90. The molecule has 1 aromatic carbocycles. The first-order chi connectivity index (χ1) is 24.0. The summed E-state index contributed by atoms with van der Waals surface area (Å²) in [7, 11) is 0. The standard InChI is InChI=1S/C36H50F2N8O4/c1-22(2)33(21-47)45(40)20-30(39)24-6-12-42(13-7-24)36(49)28-17-25-5-4-11-44(32(25)18-27(28)34(37)38)35-29-19-43(23(3)48)14-8-31(29)46(41-35)26-9-15-50-16-10-26/h17-18,20-22,24,26,33-34H,4-16,19,39-40H2,1-3H3/b30-20-. The predicted octanol–water partition coefficient (Wildman–Crippen LogP) is 4.21. The van der Waals surface area contributed by atoms with Crippen molar-refractivity contribution in [3.05, 3.63) is 52.0 Å². The van der Waals surface area contributed by atoms with Gasteiger partial charge >= 0.3 is 0 Å². The van der Waals surface area contributed by atoms with Gasteiger partial charge in [0.05, 0.1) is 12.6 Å². The Morgan fingerprint density at radius 1 is 1.04 bits per heavy atom. The van der Waals surface area contributed by atoms with E-state index in [-0.39, 0.29) is 34.9 Å². The Labute approximate surface area is 292 Å². The van der Waals surface area contributed by atoms with E-state index in [1.807, 2.05) is 23.6 Å². The van der Waals surface area contributed by atoms with Crippen LogP contribution < -0.4 is 16.5 Å². The molecule has 14 heteroatoms. The molecule has 0 spiro atoms. The number of alkyl halides is 2. The van der Waals surface area contributed by atoms with Crippen molar-refractivity contribution < 1.29 is 27.9 Å². The summed E-state index contributed by atoms with van der Waals surface area (Å²) < 4.78 is 37.4.